The van der Waals surface area contributed by atoms with E-state index in [-0.39, 0.29) is 5.56 Å². The Morgan fingerprint density at radius 1 is 1.00 bits per heavy atom. The summed E-state index contributed by atoms with van der Waals surface area (Å²) in [6.45, 7) is 3.50. The van der Waals surface area contributed by atoms with Gasteiger partial charge in [-0.05, 0) is 49.2 Å². The van der Waals surface area contributed by atoms with Crippen molar-refractivity contribution in [1.82, 2.24) is 0 Å². The molecule has 0 bridgehead atoms. The highest BCUT2D eigenvalue weighted by molar-refractivity contribution is 6.04. The molecule has 2 aromatic rings. The molecule has 0 atom stereocenters. The fraction of sp³-hybridized carbons (Fsp3) is 0.133. The second-order valence-electron chi connectivity index (χ2n) is 4.73. The molecule has 0 aliphatic carbocycles. The molecule has 3 N–H and O–H groups in total. The minimum Gasteiger partial charge on any atom is -0.399 e. The van der Waals surface area contributed by atoms with Gasteiger partial charge in [0.05, 0.1) is 0 Å². The molecule has 0 fully saturated rings. The smallest absolute Gasteiger partial charge is 0.255 e. The summed E-state index contributed by atoms with van der Waals surface area (Å²) >= 11 is 0. The number of hydrogen-bond acceptors (Lipinski definition) is 2. The van der Waals surface area contributed by atoms with Gasteiger partial charge in [-0.1, -0.05) is 0 Å². The van der Waals surface area contributed by atoms with Gasteiger partial charge in [0.25, 0.3) is 5.91 Å². The van der Waals surface area contributed by atoms with Crippen molar-refractivity contribution in [3.8, 4) is 0 Å². The number of anilines is 2. The van der Waals surface area contributed by atoms with E-state index in [9.17, 15) is 18.0 Å². The molecule has 0 radical (unpaired) electrons. The van der Waals surface area contributed by atoms with E-state index in [0.29, 0.717) is 29.1 Å². The minimum atomic E-state index is -1.61. The maximum absolute atomic E-state index is 13.1. The Hall–Kier alpha value is -2.50. The topological polar surface area (TPSA) is 55.1 Å². The van der Waals surface area contributed by atoms with Crippen LogP contribution in [0.2, 0.25) is 0 Å². The molecular weight excluding hydrogens is 281 g/mol. The zero-order valence-electron chi connectivity index (χ0n) is 11.4. The first kappa shape index (κ1) is 14.9. The van der Waals surface area contributed by atoms with Gasteiger partial charge in [-0.25, -0.2) is 13.2 Å². The number of nitrogens with two attached hydrogens (primary N) is 1. The zero-order valence-corrected chi connectivity index (χ0v) is 11.4. The summed E-state index contributed by atoms with van der Waals surface area (Å²) in [5.41, 5.74) is 7.93. The number of aryl methyl sites for hydroxylation is 2. The molecule has 0 unspecified atom stereocenters. The third-order valence-electron chi connectivity index (χ3n) is 3.11. The SMILES string of the molecule is Cc1cc(NC(=O)c2cc(F)c(F)c(F)c2)c(C)cc1N. The zero-order chi connectivity index (χ0) is 15.7. The molecule has 0 saturated carbocycles. The first-order valence-electron chi connectivity index (χ1n) is 6.12. The quantitative estimate of drug-likeness (QED) is 0.657. The van der Waals surface area contributed by atoms with E-state index in [2.05, 4.69) is 5.32 Å². The predicted molar refractivity (Wildman–Crippen MR) is 74.6 cm³/mol. The molecule has 110 valence electrons. The lowest BCUT2D eigenvalue weighted by Gasteiger charge is -2.11. The molecule has 1 amide bonds. The van der Waals surface area contributed by atoms with E-state index >= 15 is 0 Å². The van der Waals surface area contributed by atoms with Crippen molar-refractivity contribution in [2.75, 3.05) is 11.1 Å². The number of rotatable bonds is 2. The number of nitrogen functional groups attached to an aromatic ring is 1. The number of carbonyl (C=O) groups is 1. The fourth-order valence-electron chi connectivity index (χ4n) is 1.85. The highest BCUT2D eigenvalue weighted by Gasteiger charge is 2.16. The van der Waals surface area contributed by atoms with Gasteiger partial charge in [0, 0.05) is 16.9 Å². The molecule has 0 aliphatic heterocycles. The van der Waals surface area contributed by atoms with Crippen molar-refractivity contribution in [2.24, 2.45) is 0 Å². The summed E-state index contributed by atoms with van der Waals surface area (Å²) < 4.78 is 39.1. The minimum absolute atomic E-state index is 0.305. The van der Waals surface area contributed by atoms with E-state index in [1.54, 1.807) is 26.0 Å². The molecule has 0 aliphatic rings. The van der Waals surface area contributed by atoms with Crippen LogP contribution in [0.1, 0.15) is 21.5 Å². The van der Waals surface area contributed by atoms with Crippen LogP contribution in [-0.4, -0.2) is 5.91 Å². The number of hydrogen-bond donors (Lipinski definition) is 2. The molecule has 0 aromatic heterocycles. The van der Waals surface area contributed by atoms with Crippen LogP contribution < -0.4 is 11.1 Å². The average molecular weight is 294 g/mol. The van der Waals surface area contributed by atoms with Crippen molar-refractivity contribution in [3.05, 3.63) is 58.4 Å². The van der Waals surface area contributed by atoms with E-state index in [1.165, 1.54) is 0 Å². The van der Waals surface area contributed by atoms with Crippen molar-refractivity contribution >= 4 is 17.3 Å². The third-order valence-corrected chi connectivity index (χ3v) is 3.11. The molecular formula is C15H13F3N2O. The second kappa shape index (κ2) is 5.47. The summed E-state index contributed by atoms with van der Waals surface area (Å²) in [6, 6.07) is 4.62. The Bertz CT molecular complexity index is 706. The summed E-state index contributed by atoms with van der Waals surface area (Å²) in [7, 11) is 0. The standard InChI is InChI=1S/C15H13F3N2O/c1-7-4-13(8(2)3-12(7)19)20-15(21)9-5-10(16)14(18)11(17)6-9/h3-6H,19H2,1-2H3,(H,20,21). The first-order valence-corrected chi connectivity index (χ1v) is 6.12. The Kier molecular flexibility index (Phi) is 3.88. The van der Waals surface area contributed by atoms with Gasteiger partial charge in [0.15, 0.2) is 17.5 Å². The van der Waals surface area contributed by atoms with E-state index < -0.39 is 23.4 Å². The molecule has 6 heteroatoms. The number of halogens is 3. The Morgan fingerprint density at radius 2 is 1.57 bits per heavy atom. The van der Waals surface area contributed by atoms with Gasteiger partial charge in [-0.3, -0.25) is 4.79 Å². The first-order chi connectivity index (χ1) is 9.79. The predicted octanol–water partition coefficient (Wildman–Crippen LogP) is 3.56. The van der Waals surface area contributed by atoms with Crippen LogP contribution in [0.3, 0.4) is 0 Å². The average Bonchev–Trinajstić information content (AvgIpc) is 2.41. The maximum Gasteiger partial charge on any atom is 0.255 e. The molecule has 0 spiro atoms. The number of amides is 1. The summed E-state index contributed by atoms with van der Waals surface area (Å²) in [6.07, 6.45) is 0. The Labute approximate surface area is 119 Å². The number of benzene rings is 2. The fourth-order valence-corrected chi connectivity index (χ4v) is 1.85. The van der Waals surface area contributed by atoms with Gasteiger partial charge in [-0.15, -0.1) is 0 Å². The summed E-state index contributed by atoms with van der Waals surface area (Å²) in [5.74, 6) is -5.16. The number of nitrogens with one attached hydrogen (secondary N) is 1. The molecule has 0 saturated heterocycles. The van der Waals surface area contributed by atoms with E-state index in [4.69, 9.17) is 5.73 Å². The van der Waals surface area contributed by atoms with Crippen LogP contribution in [0, 0.1) is 31.3 Å². The van der Waals surface area contributed by atoms with Crippen LogP contribution >= 0.6 is 0 Å². The van der Waals surface area contributed by atoms with Crippen LogP contribution in [-0.2, 0) is 0 Å². The van der Waals surface area contributed by atoms with Gasteiger partial charge in [0.1, 0.15) is 0 Å². The molecule has 0 heterocycles. The second-order valence-corrected chi connectivity index (χ2v) is 4.73. The highest BCUT2D eigenvalue weighted by Crippen LogP contribution is 2.23. The van der Waals surface area contributed by atoms with Crippen molar-refractivity contribution < 1.29 is 18.0 Å². The lowest BCUT2D eigenvalue weighted by atomic mass is 10.1. The molecule has 2 rings (SSSR count). The Morgan fingerprint density at radius 3 is 2.14 bits per heavy atom. The largest absolute Gasteiger partial charge is 0.399 e. The number of carbonyl (C=O) groups excluding carboxylic acids is 1. The third kappa shape index (κ3) is 2.99. The monoisotopic (exact) mass is 294 g/mol. The van der Waals surface area contributed by atoms with Crippen LogP contribution in [0.4, 0.5) is 24.5 Å². The van der Waals surface area contributed by atoms with Gasteiger partial charge < -0.3 is 11.1 Å². The van der Waals surface area contributed by atoms with Gasteiger partial charge in [-0.2, -0.15) is 0 Å². The van der Waals surface area contributed by atoms with Crippen molar-refractivity contribution in [1.29, 1.82) is 0 Å². The summed E-state index contributed by atoms with van der Waals surface area (Å²) in [5, 5.41) is 2.52. The lowest BCUT2D eigenvalue weighted by Crippen LogP contribution is -2.14. The van der Waals surface area contributed by atoms with Crippen LogP contribution in [0.5, 0.6) is 0 Å². The molecule has 2 aromatic carbocycles. The molecule has 3 nitrogen and oxygen atoms in total. The van der Waals surface area contributed by atoms with Crippen molar-refractivity contribution in [3.63, 3.8) is 0 Å². The maximum atomic E-state index is 13.1. The van der Waals surface area contributed by atoms with E-state index in [0.717, 1.165) is 5.56 Å². The Balaban J connectivity index is 2.32. The van der Waals surface area contributed by atoms with Gasteiger partial charge in [0.2, 0.25) is 0 Å². The van der Waals surface area contributed by atoms with Crippen molar-refractivity contribution in [2.45, 2.75) is 13.8 Å². The van der Waals surface area contributed by atoms with E-state index in [1.807, 2.05) is 0 Å². The normalized spacial score (nSPS) is 10.5. The van der Waals surface area contributed by atoms with Gasteiger partial charge >= 0.3 is 0 Å². The lowest BCUT2D eigenvalue weighted by molar-refractivity contribution is 0.102. The highest BCUT2D eigenvalue weighted by atomic mass is 19.2. The molecule has 21 heavy (non-hydrogen) atoms. The summed E-state index contributed by atoms with van der Waals surface area (Å²) in [4.78, 5) is 12.0. The van der Waals surface area contributed by atoms with Crippen LogP contribution in [0.15, 0.2) is 24.3 Å². The van der Waals surface area contributed by atoms with Crippen LogP contribution in [0.25, 0.3) is 0 Å².